The van der Waals surface area contributed by atoms with Crippen molar-refractivity contribution in [3.8, 4) is 0 Å². The Morgan fingerprint density at radius 2 is 2.22 bits per heavy atom. The Morgan fingerprint density at radius 1 is 1.44 bits per heavy atom. The largest absolute Gasteiger partial charge is 0.383 e. The topological polar surface area (TPSA) is 76.8 Å². The van der Waals surface area contributed by atoms with E-state index in [1.807, 2.05) is 0 Å². The molecule has 1 heterocycles. The molecule has 1 saturated heterocycles. The van der Waals surface area contributed by atoms with Crippen molar-refractivity contribution in [3.05, 3.63) is 0 Å². The molecular weight excluding hydrogens is 234 g/mol. The second-order valence-electron chi connectivity index (χ2n) is 5.05. The molecule has 2 rings (SSSR count). The molecule has 0 radical (unpaired) electrons. The molecule has 0 aromatic rings. The molecule has 6 heteroatoms. The van der Waals surface area contributed by atoms with E-state index in [1.54, 1.807) is 7.11 Å². The number of nitrogens with one attached hydrogen (secondary N) is 1. The molecule has 2 atom stereocenters. The summed E-state index contributed by atoms with van der Waals surface area (Å²) in [5, 5.41) is 0. The zero-order chi connectivity index (χ0) is 13.0. The van der Waals surface area contributed by atoms with E-state index in [0.717, 1.165) is 32.5 Å². The number of hydrogen-bond acceptors (Lipinski definition) is 5. The second-order valence-corrected chi connectivity index (χ2v) is 5.05. The molecular formula is C12H23N3O3. The lowest BCUT2D eigenvalue weighted by Crippen LogP contribution is -2.41. The van der Waals surface area contributed by atoms with E-state index in [-0.39, 0.29) is 18.1 Å². The van der Waals surface area contributed by atoms with Gasteiger partial charge in [-0.05, 0) is 25.7 Å². The molecule has 0 aromatic heterocycles. The van der Waals surface area contributed by atoms with Crippen LogP contribution in [0, 0.1) is 0 Å². The van der Waals surface area contributed by atoms with Crippen molar-refractivity contribution in [1.82, 2.24) is 10.3 Å². The number of hydrogen-bond donors (Lipinski definition) is 2. The summed E-state index contributed by atoms with van der Waals surface area (Å²) in [6.07, 6.45) is 3.99. The van der Waals surface area contributed by atoms with Crippen LogP contribution in [0.25, 0.3) is 0 Å². The second kappa shape index (κ2) is 6.47. The lowest BCUT2D eigenvalue weighted by Gasteiger charge is -2.25. The monoisotopic (exact) mass is 257 g/mol. The summed E-state index contributed by atoms with van der Waals surface area (Å²) >= 11 is 0. The molecule has 2 fully saturated rings. The molecule has 18 heavy (non-hydrogen) atoms. The number of amides is 1. The summed E-state index contributed by atoms with van der Waals surface area (Å²) in [4.78, 5) is 13.8. The highest BCUT2D eigenvalue weighted by Gasteiger charge is 2.35. The number of ether oxygens (including phenoxy) is 2. The van der Waals surface area contributed by atoms with E-state index < -0.39 is 0 Å². The van der Waals surface area contributed by atoms with Crippen LogP contribution in [0.4, 0.5) is 0 Å². The molecule has 1 aliphatic carbocycles. The van der Waals surface area contributed by atoms with Crippen molar-refractivity contribution in [2.24, 2.45) is 5.84 Å². The van der Waals surface area contributed by atoms with Crippen LogP contribution in [0.2, 0.25) is 0 Å². The summed E-state index contributed by atoms with van der Waals surface area (Å²) in [5.74, 6) is 4.90. The van der Waals surface area contributed by atoms with Crippen LogP contribution in [-0.4, -0.2) is 55.9 Å². The number of rotatable bonds is 7. The Labute approximate surface area is 108 Å². The highest BCUT2D eigenvalue weighted by molar-refractivity contribution is 5.80. The first-order valence-corrected chi connectivity index (χ1v) is 6.63. The summed E-state index contributed by atoms with van der Waals surface area (Å²) in [5.41, 5.74) is 2.15. The predicted octanol–water partition coefficient (Wildman–Crippen LogP) is -0.365. The first kappa shape index (κ1) is 13.7. The quantitative estimate of drug-likeness (QED) is 0.370. The third kappa shape index (κ3) is 3.65. The number of hydrazine groups is 1. The Kier molecular flexibility index (Phi) is 4.94. The normalized spacial score (nSPS) is 27.7. The number of carbonyl (C=O) groups excluding carboxylic acids is 1. The summed E-state index contributed by atoms with van der Waals surface area (Å²) in [6, 6.07) is 0.686. The average molecular weight is 257 g/mol. The van der Waals surface area contributed by atoms with Gasteiger partial charge >= 0.3 is 0 Å². The van der Waals surface area contributed by atoms with E-state index >= 15 is 0 Å². The SMILES string of the molecule is COCCN(CC1CCC(C(=O)NN)O1)C1CC1. The molecule has 0 spiro atoms. The van der Waals surface area contributed by atoms with Crippen molar-refractivity contribution in [2.75, 3.05) is 26.8 Å². The maximum Gasteiger partial charge on any atom is 0.263 e. The average Bonchev–Trinajstić information content (AvgIpc) is 3.13. The van der Waals surface area contributed by atoms with Gasteiger partial charge in [-0.2, -0.15) is 0 Å². The highest BCUT2D eigenvalue weighted by Crippen LogP contribution is 2.29. The zero-order valence-electron chi connectivity index (χ0n) is 10.9. The first-order valence-electron chi connectivity index (χ1n) is 6.63. The van der Waals surface area contributed by atoms with Crippen LogP contribution in [0.3, 0.4) is 0 Å². The molecule has 1 saturated carbocycles. The lowest BCUT2D eigenvalue weighted by atomic mass is 10.2. The smallest absolute Gasteiger partial charge is 0.263 e. The Bertz CT molecular complexity index is 284. The van der Waals surface area contributed by atoms with Gasteiger partial charge in [0.25, 0.3) is 5.91 Å². The molecule has 104 valence electrons. The Hall–Kier alpha value is -0.690. The Balaban J connectivity index is 1.76. The van der Waals surface area contributed by atoms with E-state index in [1.165, 1.54) is 12.8 Å². The van der Waals surface area contributed by atoms with Gasteiger partial charge < -0.3 is 9.47 Å². The molecule has 2 unspecified atom stereocenters. The molecule has 1 aliphatic heterocycles. The standard InChI is InChI=1S/C12H23N3O3/c1-17-7-6-15(9-2-3-9)8-10-4-5-11(18-10)12(16)14-13/h9-11H,2-8,13H2,1H3,(H,14,16). The van der Waals surface area contributed by atoms with Gasteiger partial charge in [0, 0.05) is 26.2 Å². The van der Waals surface area contributed by atoms with Gasteiger partial charge in [-0.1, -0.05) is 0 Å². The third-order valence-electron chi connectivity index (χ3n) is 3.63. The maximum atomic E-state index is 11.4. The van der Waals surface area contributed by atoms with Crippen LogP contribution < -0.4 is 11.3 Å². The van der Waals surface area contributed by atoms with E-state index in [0.29, 0.717) is 6.04 Å². The van der Waals surface area contributed by atoms with Crippen molar-refractivity contribution >= 4 is 5.91 Å². The van der Waals surface area contributed by atoms with Gasteiger partial charge in [-0.15, -0.1) is 0 Å². The lowest BCUT2D eigenvalue weighted by molar-refractivity contribution is -0.132. The number of nitrogens with two attached hydrogens (primary N) is 1. The minimum Gasteiger partial charge on any atom is -0.383 e. The van der Waals surface area contributed by atoms with Gasteiger partial charge in [0.2, 0.25) is 0 Å². The fraction of sp³-hybridized carbons (Fsp3) is 0.917. The van der Waals surface area contributed by atoms with Crippen LogP contribution >= 0.6 is 0 Å². The Morgan fingerprint density at radius 3 is 2.83 bits per heavy atom. The van der Waals surface area contributed by atoms with Gasteiger partial charge in [0.15, 0.2) is 0 Å². The van der Waals surface area contributed by atoms with E-state index in [4.69, 9.17) is 15.3 Å². The fourth-order valence-corrected chi connectivity index (χ4v) is 2.46. The molecule has 6 nitrogen and oxygen atoms in total. The predicted molar refractivity (Wildman–Crippen MR) is 66.7 cm³/mol. The van der Waals surface area contributed by atoms with Crippen LogP contribution in [-0.2, 0) is 14.3 Å². The molecule has 0 aromatic carbocycles. The van der Waals surface area contributed by atoms with Crippen molar-refractivity contribution < 1.29 is 14.3 Å². The van der Waals surface area contributed by atoms with Crippen LogP contribution in [0.5, 0.6) is 0 Å². The van der Waals surface area contributed by atoms with Gasteiger partial charge in [0.1, 0.15) is 6.10 Å². The summed E-state index contributed by atoms with van der Waals surface area (Å²) in [7, 11) is 1.72. The number of nitrogens with zero attached hydrogens (tertiary/aromatic N) is 1. The van der Waals surface area contributed by atoms with E-state index in [2.05, 4.69) is 10.3 Å². The number of carbonyl (C=O) groups is 1. The van der Waals surface area contributed by atoms with Crippen LogP contribution in [0.15, 0.2) is 0 Å². The minimum absolute atomic E-state index is 0.143. The summed E-state index contributed by atoms with van der Waals surface area (Å²) < 4.78 is 10.9. The highest BCUT2D eigenvalue weighted by atomic mass is 16.5. The number of methoxy groups -OCH3 is 1. The van der Waals surface area contributed by atoms with Gasteiger partial charge in [-0.3, -0.25) is 15.1 Å². The third-order valence-corrected chi connectivity index (χ3v) is 3.63. The van der Waals surface area contributed by atoms with Crippen molar-refractivity contribution in [3.63, 3.8) is 0 Å². The molecule has 3 N–H and O–H groups in total. The molecule has 0 bridgehead atoms. The van der Waals surface area contributed by atoms with Gasteiger partial charge in [0.05, 0.1) is 12.7 Å². The molecule has 1 amide bonds. The van der Waals surface area contributed by atoms with E-state index in [9.17, 15) is 4.79 Å². The van der Waals surface area contributed by atoms with Crippen LogP contribution in [0.1, 0.15) is 25.7 Å². The van der Waals surface area contributed by atoms with Gasteiger partial charge in [-0.25, -0.2) is 5.84 Å². The minimum atomic E-state index is -0.372. The maximum absolute atomic E-state index is 11.4. The fourth-order valence-electron chi connectivity index (χ4n) is 2.46. The van der Waals surface area contributed by atoms with Crippen molar-refractivity contribution in [2.45, 2.75) is 43.9 Å². The van der Waals surface area contributed by atoms with Crippen molar-refractivity contribution in [1.29, 1.82) is 0 Å². The summed E-state index contributed by atoms with van der Waals surface area (Å²) in [6.45, 7) is 2.58. The first-order chi connectivity index (χ1) is 8.74. The molecule has 2 aliphatic rings. The zero-order valence-corrected chi connectivity index (χ0v) is 10.9.